The average Bonchev–Trinajstić information content (AvgIpc) is 2.08. The first-order valence-corrected chi connectivity index (χ1v) is 3.83. The number of guanidine groups is 1. The van der Waals surface area contributed by atoms with Gasteiger partial charge in [0.1, 0.15) is 0 Å². The number of amidine groups is 1. The second-order valence-corrected chi connectivity index (χ2v) is 2.48. The smallest absolute Gasteiger partial charge is 0.285 e. The first-order valence-electron chi connectivity index (χ1n) is 3.40. The Hall–Kier alpha value is -1.02. The third-order valence-electron chi connectivity index (χ3n) is 1.24. The molecule has 1 unspecified atom stereocenters. The monoisotopic (exact) mass is 230 g/mol. The number of nitrogens with one attached hydrogen (secondary N) is 1. The molecular formula is C5H6ClF3N4O. The molecule has 1 atom stereocenters. The summed E-state index contributed by atoms with van der Waals surface area (Å²) in [7, 11) is 1.26. The first-order chi connectivity index (χ1) is 6.54. The van der Waals surface area contributed by atoms with Crippen molar-refractivity contribution in [2.75, 3.05) is 7.05 Å². The summed E-state index contributed by atoms with van der Waals surface area (Å²) in [6, 6.07) is 0. The number of hydroxylamine groups is 2. The van der Waals surface area contributed by atoms with Crippen LogP contribution in [0.1, 0.15) is 0 Å². The molecule has 0 aromatic rings. The number of nitrogens with zero attached hydrogens (tertiary/aromatic N) is 3. The third kappa shape index (κ3) is 2.48. The second kappa shape index (κ2) is 4.47. The van der Waals surface area contributed by atoms with Crippen molar-refractivity contribution in [1.82, 2.24) is 10.4 Å². The molecule has 14 heavy (non-hydrogen) atoms. The van der Waals surface area contributed by atoms with Gasteiger partial charge in [0.2, 0.25) is 11.6 Å². The maximum absolute atomic E-state index is 12.6. The van der Waals surface area contributed by atoms with Crippen LogP contribution in [0.3, 0.4) is 0 Å². The summed E-state index contributed by atoms with van der Waals surface area (Å²) in [6.45, 7) is -3.09. The largest absolute Gasteiger partial charge is 0.365 e. The Morgan fingerprint density at radius 2 is 2.36 bits per heavy atom. The first kappa shape index (κ1) is 11.1. The van der Waals surface area contributed by atoms with Crippen molar-refractivity contribution in [3.05, 3.63) is 0 Å². The van der Waals surface area contributed by atoms with E-state index in [2.05, 4.69) is 14.8 Å². The molecule has 1 rings (SSSR count). The van der Waals surface area contributed by atoms with Gasteiger partial charge in [0.25, 0.3) is 6.09 Å². The van der Waals surface area contributed by atoms with Gasteiger partial charge in [-0.05, 0) is 0 Å². The molecular weight excluding hydrogens is 225 g/mol. The van der Waals surface area contributed by atoms with Crippen molar-refractivity contribution < 1.29 is 18.0 Å². The normalized spacial score (nSPS) is 25.3. The molecule has 0 spiro atoms. The Bertz CT molecular complexity index is 272. The van der Waals surface area contributed by atoms with Crippen molar-refractivity contribution >= 4 is 23.6 Å². The van der Waals surface area contributed by atoms with Gasteiger partial charge in [-0.3, -0.25) is 10.3 Å². The van der Waals surface area contributed by atoms with Crippen molar-refractivity contribution in [3.8, 4) is 0 Å². The molecule has 1 N–H and O–H groups in total. The lowest BCUT2D eigenvalue weighted by Gasteiger charge is -2.28. The van der Waals surface area contributed by atoms with Crippen molar-refractivity contribution in [2.24, 2.45) is 9.98 Å². The van der Waals surface area contributed by atoms with Gasteiger partial charge in [-0.15, -0.1) is 0 Å². The molecule has 1 heterocycles. The van der Waals surface area contributed by atoms with E-state index in [-0.39, 0.29) is 5.96 Å². The van der Waals surface area contributed by atoms with E-state index in [0.717, 1.165) is 0 Å². The van der Waals surface area contributed by atoms with Crippen LogP contribution >= 0.6 is 11.6 Å². The Kier molecular flexibility index (Phi) is 3.53. The summed E-state index contributed by atoms with van der Waals surface area (Å²) in [6.07, 6.45) is -1.01. The summed E-state index contributed by atoms with van der Waals surface area (Å²) in [4.78, 5) is 10.5. The van der Waals surface area contributed by atoms with Crippen LogP contribution < -0.4 is 5.32 Å². The maximum Gasteiger partial charge on any atom is 0.365 e. The third-order valence-corrected chi connectivity index (χ3v) is 1.52. The Labute approximate surface area is 82.2 Å². The van der Waals surface area contributed by atoms with E-state index in [9.17, 15) is 13.2 Å². The highest BCUT2D eigenvalue weighted by Crippen LogP contribution is 2.14. The fraction of sp³-hybridized carbons (Fsp3) is 0.600. The van der Waals surface area contributed by atoms with E-state index in [4.69, 9.17) is 11.6 Å². The van der Waals surface area contributed by atoms with Crippen LogP contribution in [0.25, 0.3) is 0 Å². The summed E-state index contributed by atoms with van der Waals surface area (Å²) >= 11 is 5.41. The quantitative estimate of drug-likeness (QED) is 0.566. The molecule has 0 aliphatic carbocycles. The molecule has 0 saturated heterocycles. The number of alkyl halides is 3. The number of hydrogen-bond acceptors (Lipinski definition) is 3. The van der Waals surface area contributed by atoms with Gasteiger partial charge in [-0.2, -0.15) is 28.1 Å². The Balaban J connectivity index is 2.80. The fourth-order valence-electron chi connectivity index (χ4n) is 0.767. The van der Waals surface area contributed by atoms with E-state index in [1.54, 1.807) is 0 Å². The van der Waals surface area contributed by atoms with Crippen molar-refractivity contribution in [3.63, 3.8) is 0 Å². The minimum absolute atomic E-state index is 0.280. The zero-order chi connectivity index (χ0) is 10.7. The van der Waals surface area contributed by atoms with Crippen LogP contribution in [-0.2, 0) is 4.84 Å². The Morgan fingerprint density at radius 3 is 2.86 bits per heavy atom. The van der Waals surface area contributed by atoms with Crippen LogP contribution in [0.15, 0.2) is 9.98 Å². The molecule has 0 aromatic heterocycles. The molecule has 0 amide bonds. The number of hydrogen-bond donors (Lipinski definition) is 1. The lowest BCUT2D eigenvalue weighted by Crippen LogP contribution is -2.51. The van der Waals surface area contributed by atoms with Gasteiger partial charge in [-0.1, -0.05) is 11.6 Å². The highest BCUT2D eigenvalue weighted by Gasteiger charge is 2.29. The highest BCUT2D eigenvalue weighted by atomic mass is 35.5. The molecule has 0 bridgehead atoms. The lowest BCUT2D eigenvalue weighted by molar-refractivity contribution is -0.255. The topological polar surface area (TPSA) is 49.2 Å². The van der Waals surface area contributed by atoms with Gasteiger partial charge in [0.15, 0.2) is 0 Å². The minimum atomic E-state index is -3.09. The molecule has 0 saturated carbocycles. The molecule has 5 nitrogen and oxygen atoms in total. The van der Waals surface area contributed by atoms with E-state index < -0.39 is 18.3 Å². The van der Waals surface area contributed by atoms with Crippen LogP contribution in [-0.4, -0.2) is 36.4 Å². The summed E-state index contributed by atoms with van der Waals surface area (Å²) in [5.74, 6) is -0.280. The van der Waals surface area contributed by atoms with Gasteiger partial charge in [0.05, 0.1) is 0 Å². The van der Waals surface area contributed by atoms with Gasteiger partial charge >= 0.3 is 6.61 Å². The molecule has 1 aliphatic heterocycles. The summed E-state index contributed by atoms with van der Waals surface area (Å²) < 4.78 is 36.3. The molecule has 1 aliphatic rings. The van der Waals surface area contributed by atoms with Crippen LogP contribution in [0.2, 0.25) is 0 Å². The summed E-state index contributed by atoms with van der Waals surface area (Å²) in [5, 5.41) is 2.44. The highest BCUT2D eigenvalue weighted by molar-refractivity contribution is 6.22. The number of halogens is 4. The molecule has 80 valence electrons. The van der Waals surface area contributed by atoms with Crippen molar-refractivity contribution in [1.29, 1.82) is 0 Å². The minimum Gasteiger partial charge on any atom is -0.285 e. The van der Waals surface area contributed by atoms with Crippen LogP contribution in [0, 0.1) is 0 Å². The standard InChI is InChI=1S/C5H6ClF3N4O/c1-10-5-12-4(9)11-2(6)13(5)14-3(7)8/h2-3H,1H3,(H,10,11,12). The average molecular weight is 231 g/mol. The SMILES string of the molecule is CN=C1NC(F)=NC(Cl)N1OC(F)F. The zero-order valence-corrected chi connectivity index (χ0v) is 7.67. The van der Waals surface area contributed by atoms with Gasteiger partial charge in [0, 0.05) is 7.05 Å². The summed E-state index contributed by atoms with van der Waals surface area (Å²) in [5.41, 5.74) is -1.41. The maximum atomic E-state index is 12.6. The fourth-order valence-corrected chi connectivity index (χ4v) is 0.991. The molecule has 0 radical (unpaired) electrons. The number of rotatable bonds is 2. The number of aliphatic imine (C=N–C) groups is 2. The van der Waals surface area contributed by atoms with Gasteiger partial charge < -0.3 is 0 Å². The molecule has 0 fully saturated rings. The van der Waals surface area contributed by atoms with E-state index >= 15 is 0 Å². The van der Waals surface area contributed by atoms with Crippen LogP contribution in [0.5, 0.6) is 0 Å². The lowest BCUT2D eigenvalue weighted by atomic mass is 10.7. The van der Waals surface area contributed by atoms with E-state index in [1.165, 1.54) is 7.05 Å². The zero-order valence-electron chi connectivity index (χ0n) is 6.92. The van der Waals surface area contributed by atoms with E-state index in [0.29, 0.717) is 5.06 Å². The van der Waals surface area contributed by atoms with Crippen LogP contribution in [0.4, 0.5) is 13.2 Å². The van der Waals surface area contributed by atoms with E-state index in [1.807, 2.05) is 5.32 Å². The predicted molar refractivity (Wildman–Crippen MR) is 43.6 cm³/mol. The molecule has 9 heteroatoms. The Morgan fingerprint density at radius 1 is 1.71 bits per heavy atom. The predicted octanol–water partition coefficient (Wildman–Crippen LogP) is 0.879. The van der Waals surface area contributed by atoms with Gasteiger partial charge in [-0.25, -0.2) is 0 Å². The molecule has 0 aromatic carbocycles. The van der Waals surface area contributed by atoms with Crippen molar-refractivity contribution in [2.45, 2.75) is 12.2 Å². The second-order valence-electron chi connectivity index (χ2n) is 2.09.